The van der Waals surface area contributed by atoms with Gasteiger partial charge in [-0.25, -0.2) is 0 Å². The molecule has 0 bridgehead atoms. The van der Waals surface area contributed by atoms with Gasteiger partial charge in [0.15, 0.2) is 0 Å². The predicted octanol–water partition coefficient (Wildman–Crippen LogP) is 2.32. The van der Waals surface area contributed by atoms with E-state index in [1.807, 2.05) is 0 Å². The summed E-state index contributed by atoms with van der Waals surface area (Å²) in [4.78, 5) is 25.3. The van der Waals surface area contributed by atoms with Crippen LogP contribution in [0.15, 0.2) is 23.1 Å². The fraction of sp³-hybridized carbons (Fsp3) is 0.600. The van der Waals surface area contributed by atoms with Crippen molar-refractivity contribution in [3.05, 3.63) is 34.2 Å². The summed E-state index contributed by atoms with van der Waals surface area (Å²) in [6.07, 6.45) is 7.74. The van der Waals surface area contributed by atoms with Gasteiger partial charge in [-0.3, -0.25) is 9.59 Å². The molecule has 1 aromatic rings. The molecule has 0 atom stereocenters. The fourth-order valence-corrected chi connectivity index (χ4v) is 2.73. The minimum Gasteiger partial charge on any atom is -0.352 e. The highest BCUT2D eigenvalue weighted by Crippen LogP contribution is 2.30. The van der Waals surface area contributed by atoms with Crippen LogP contribution in [0.5, 0.6) is 0 Å². The molecule has 1 aromatic heterocycles. The number of aromatic amines is 1. The molecule has 2 rings (SSSR count). The average molecular weight is 262 g/mol. The lowest BCUT2D eigenvalue weighted by molar-refractivity contribution is 0.0941. The SMILES string of the molecule is CCC1CCC(CNC(=O)c2ccc(=O)[nH]c2)CC1. The Morgan fingerprint density at radius 2 is 1.95 bits per heavy atom. The molecule has 0 saturated heterocycles. The molecule has 0 aromatic carbocycles. The van der Waals surface area contributed by atoms with Crippen LogP contribution in [0, 0.1) is 11.8 Å². The van der Waals surface area contributed by atoms with E-state index in [2.05, 4.69) is 17.2 Å². The second-order valence-corrected chi connectivity index (χ2v) is 5.45. The van der Waals surface area contributed by atoms with Crippen molar-refractivity contribution in [3.8, 4) is 0 Å². The molecule has 4 nitrogen and oxygen atoms in total. The summed E-state index contributed by atoms with van der Waals surface area (Å²) in [5.41, 5.74) is 0.330. The highest BCUT2D eigenvalue weighted by molar-refractivity contribution is 5.93. The van der Waals surface area contributed by atoms with Crippen LogP contribution in [0.3, 0.4) is 0 Å². The normalized spacial score (nSPS) is 23.0. The van der Waals surface area contributed by atoms with Crippen molar-refractivity contribution in [3.63, 3.8) is 0 Å². The van der Waals surface area contributed by atoms with Gasteiger partial charge in [-0.1, -0.05) is 26.2 Å². The smallest absolute Gasteiger partial charge is 0.252 e. The maximum atomic E-state index is 11.9. The number of H-pyrrole nitrogens is 1. The lowest BCUT2D eigenvalue weighted by Gasteiger charge is -2.27. The highest BCUT2D eigenvalue weighted by atomic mass is 16.1. The van der Waals surface area contributed by atoms with E-state index in [4.69, 9.17) is 0 Å². The first kappa shape index (κ1) is 13.8. The van der Waals surface area contributed by atoms with Crippen molar-refractivity contribution >= 4 is 5.91 Å². The number of carbonyl (C=O) groups excluding carboxylic acids is 1. The molecule has 4 heteroatoms. The Morgan fingerprint density at radius 1 is 1.26 bits per heavy atom. The zero-order valence-corrected chi connectivity index (χ0v) is 11.4. The van der Waals surface area contributed by atoms with Crippen LogP contribution in [0.4, 0.5) is 0 Å². The van der Waals surface area contributed by atoms with Gasteiger partial charge in [-0.2, -0.15) is 0 Å². The molecule has 0 spiro atoms. The first-order valence-corrected chi connectivity index (χ1v) is 7.16. The molecule has 2 N–H and O–H groups in total. The Hall–Kier alpha value is -1.58. The molecular weight excluding hydrogens is 240 g/mol. The number of nitrogens with one attached hydrogen (secondary N) is 2. The third-order valence-corrected chi connectivity index (χ3v) is 4.14. The Bertz CT molecular complexity index is 453. The first-order valence-electron chi connectivity index (χ1n) is 7.16. The van der Waals surface area contributed by atoms with Gasteiger partial charge in [0.25, 0.3) is 5.91 Å². The zero-order valence-electron chi connectivity index (χ0n) is 11.4. The molecule has 0 unspecified atom stereocenters. The second-order valence-electron chi connectivity index (χ2n) is 5.45. The van der Waals surface area contributed by atoms with Crippen molar-refractivity contribution in [1.29, 1.82) is 0 Å². The van der Waals surface area contributed by atoms with Crippen molar-refractivity contribution in [1.82, 2.24) is 10.3 Å². The molecule has 19 heavy (non-hydrogen) atoms. The van der Waals surface area contributed by atoms with Crippen LogP contribution in [0.25, 0.3) is 0 Å². The standard InChI is InChI=1S/C15H22N2O2/c1-2-11-3-5-12(6-4-11)9-17-15(19)13-7-8-14(18)16-10-13/h7-8,10-12H,2-6,9H2,1H3,(H,16,18)(H,17,19). The number of rotatable bonds is 4. The summed E-state index contributed by atoms with van der Waals surface area (Å²) in [6.45, 7) is 3.00. The maximum absolute atomic E-state index is 11.9. The van der Waals surface area contributed by atoms with Crippen LogP contribution in [0.1, 0.15) is 49.4 Å². The molecule has 1 aliphatic rings. The van der Waals surface area contributed by atoms with E-state index in [0.29, 0.717) is 11.5 Å². The summed E-state index contributed by atoms with van der Waals surface area (Å²) < 4.78 is 0. The topological polar surface area (TPSA) is 62.0 Å². The zero-order chi connectivity index (χ0) is 13.7. The number of hydrogen-bond donors (Lipinski definition) is 2. The third-order valence-electron chi connectivity index (χ3n) is 4.14. The van der Waals surface area contributed by atoms with Crippen LogP contribution in [-0.4, -0.2) is 17.4 Å². The van der Waals surface area contributed by atoms with Gasteiger partial charge in [0, 0.05) is 18.8 Å². The van der Waals surface area contributed by atoms with Gasteiger partial charge in [-0.05, 0) is 30.7 Å². The second kappa shape index (κ2) is 6.55. The Kier molecular flexibility index (Phi) is 4.77. The maximum Gasteiger partial charge on any atom is 0.252 e. The summed E-state index contributed by atoms with van der Waals surface area (Å²) >= 11 is 0. The van der Waals surface area contributed by atoms with E-state index < -0.39 is 0 Å². The molecule has 1 heterocycles. The molecule has 1 fully saturated rings. The fourth-order valence-electron chi connectivity index (χ4n) is 2.73. The number of amides is 1. The van der Waals surface area contributed by atoms with E-state index in [0.717, 1.165) is 12.5 Å². The summed E-state index contributed by atoms with van der Waals surface area (Å²) in [7, 11) is 0. The van der Waals surface area contributed by atoms with Crippen molar-refractivity contribution in [2.45, 2.75) is 39.0 Å². The van der Waals surface area contributed by atoms with Crippen LogP contribution in [0.2, 0.25) is 0 Å². The van der Waals surface area contributed by atoms with E-state index in [-0.39, 0.29) is 11.5 Å². The van der Waals surface area contributed by atoms with Crippen molar-refractivity contribution in [2.24, 2.45) is 11.8 Å². The molecule has 1 saturated carbocycles. The number of carbonyl (C=O) groups is 1. The molecule has 0 radical (unpaired) electrons. The van der Waals surface area contributed by atoms with E-state index in [1.54, 1.807) is 6.07 Å². The van der Waals surface area contributed by atoms with Gasteiger partial charge < -0.3 is 10.3 Å². The number of pyridine rings is 1. The summed E-state index contributed by atoms with van der Waals surface area (Å²) in [5.74, 6) is 1.38. The molecule has 1 amide bonds. The highest BCUT2D eigenvalue weighted by Gasteiger charge is 2.20. The Morgan fingerprint density at radius 3 is 2.53 bits per heavy atom. The third kappa shape index (κ3) is 3.94. The Labute approximate surface area is 113 Å². The van der Waals surface area contributed by atoms with Gasteiger partial charge in [0.05, 0.1) is 5.56 Å². The van der Waals surface area contributed by atoms with Gasteiger partial charge in [-0.15, -0.1) is 0 Å². The van der Waals surface area contributed by atoms with Crippen LogP contribution >= 0.6 is 0 Å². The van der Waals surface area contributed by atoms with E-state index in [9.17, 15) is 9.59 Å². The lowest BCUT2D eigenvalue weighted by atomic mass is 9.81. The van der Waals surface area contributed by atoms with E-state index in [1.165, 1.54) is 44.4 Å². The van der Waals surface area contributed by atoms with Gasteiger partial charge >= 0.3 is 0 Å². The summed E-state index contributed by atoms with van der Waals surface area (Å²) in [5, 5.41) is 2.96. The molecular formula is C15H22N2O2. The number of hydrogen-bond acceptors (Lipinski definition) is 2. The predicted molar refractivity (Wildman–Crippen MR) is 75.1 cm³/mol. The number of aromatic nitrogens is 1. The lowest BCUT2D eigenvalue weighted by Crippen LogP contribution is -2.31. The van der Waals surface area contributed by atoms with Gasteiger partial charge in [0.2, 0.25) is 5.56 Å². The minimum absolute atomic E-state index is 0.103. The van der Waals surface area contributed by atoms with Crippen molar-refractivity contribution < 1.29 is 4.79 Å². The molecule has 1 aliphatic carbocycles. The first-order chi connectivity index (χ1) is 9.19. The van der Waals surface area contributed by atoms with Crippen molar-refractivity contribution in [2.75, 3.05) is 6.54 Å². The monoisotopic (exact) mass is 262 g/mol. The quantitative estimate of drug-likeness (QED) is 0.874. The summed E-state index contributed by atoms with van der Waals surface area (Å²) in [6, 6.07) is 2.93. The van der Waals surface area contributed by atoms with E-state index >= 15 is 0 Å². The minimum atomic E-state index is -0.186. The van der Waals surface area contributed by atoms with Crippen LogP contribution < -0.4 is 10.9 Å². The Balaban J connectivity index is 1.78. The largest absolute Gasteiger partial charge is 0.352 e. The molecule has 104 valence electrons. The van der Waals surface area contributed by atoms with Crippen LogP contribution in [-0.2, 0) is 0 Å². The van der Waals surface area contributed by atoms with Gasteiger partial charge in [0.1, 0.15) is 0 Å². The average Bonchev–Trinajstić information content (AvgIpc) is 2.46. The molecule has 0 aliphatic heterocycles.